The third-order valence-electron chi connectivity index (χ3n) is 5.23. The molecule has 1 amide bonds. The highest BCUT2D eigenvalue weighted by molar-refractivity contribution is 6.30. The highest BCUT2D eigenvalue weighted by Crippen LogP contribution is 2.34. The van der Waals surface area contributed by atoms with Crippen molar-refractivity contribution in [3.05, 3.63) is 59.4 Å². The van der Waals surface area contributed by atoms with Gasteiger partial charge in [-0.1, -0.05) is 17.7 Å². The molecule has 1 aliphatic rings. The first-order valence-electron chi connectivity index (χ1n) is 9.44. The van der Waals surface area contributed by atoms with Crippen LogP contribution in [-0.2, 0) is 11.0 Å². The van der Waals surface area contributed by atoms with Crippen LogP contribution in [-0.4, -0.2) is 29.0 Å². The van der Waals surface area contributed by atoms with Crippen LogP contribution >= 0.6 is 11.6 Å². The van der Waals surface area contributed by atoms with Gasteiger partial charge in [0.1, 0.15) is 5.82 Å². The van der Waals surface area contributed by atoms with Crippen molar-refractivity contribution >= 4 is 39.9 Å². The maximum atomic E-state index is 13.0. The van der Waals surface area contributed by atoms with Crippen LogP contribution in [0.25, 0.3) is 10.9 Å². The van der Waals surface area contributed by atoms with Crippen LogP contribution in [0.1, 0.15) is 18.4 Å². The molecule has 9 heteroatoms. The zero-order valence-electron chi connectivity index (χ0n) is 15.8. The smallest absolute Gasteiger partial charge is 0.371 e. The molecule has 1 saturated heterocycles. The van der Waals surface area contributed by atoms with Crippen molar-refractivity contribution in [2.75, 3.05) is 23.3 Å². The molecule has 0 atom stereocenters. The summed E-state index contributed by atoms with van der Waals surface area (Å²) >= 11 is 5.80. The first kappa shape index (κ1) is 20.4. The minimum absolute atomic E-state index is 0.0983. The maximum absolute atomic E-state index is 13.0. The number of rotatable bonds is 3. The summed E-state index contributed by atoms with van der Waals surface area (Å²) in [4.78, 5) is 22.8. The molecule has 0 saturated carbocycles. The number of carbonyl (C=O) groups is 1. The molecule has 1 fully saturated rings. The molecule has 0 aliphatic carbocycles. The van der Waals surface area contributed by atoms with Crippen molar-refractivity contribution < 1.29 is 18.0 Å². The third-order valence-corrected chi connectivity index (χ3v) is 5.46. The number of aromatic nitrogens is 2. The number of pyridine rings is 2. The average molecular weight is 435 g/mol. The number of halogens is 4. The summed E-state index contributed by atoms with van der Waals surface area (Å²) < 4.78 is 38.9. The Morgan fingerprint density at radius 3 is 2.53 bits per heavy atom. The van der Waals surface area contributed by atoms with Gasteiger partial charge in [0, 0.05) is 42.5 Å². The normalized spacial score (nSPS) is 15.4. The van der Waals surface area contributed by atoms with Crippen molar-refractivity contribution in [3.63, 3.8) is 0 Å². The lowest BCUT2D eigenvalue weighted by Crippen LogP contribution is -2.38. The number of hydrogen-bond acceptors (Lipinski definition) is 4. The molecule has 1 aliphatic heterocycles. The molecule has 0 bridgehead atoms. The van der Waals surface area contributed by atoms with E-state index in [1.165, 1.54) is 18.5 Å². The highest BCUT2D eigenvalue weighted by Gasteiger charge is 2.31. The molecule has 3 heterocycles. The van der Waals surface area contributed by atoms with Crippen LogP contribution in [0.3, 0.4) is 0 Å². The van der Waals surface area contributed by atoms with Gasteiger partial charge in [-0.2, -0.15) is 13.2 Å². The van der Waals surface area contributed by atoms with E-state index in [0.717, 1.165) is 17.8 Å². The fraction of sp³-hybridized carbons (Fsp3) is 0.286. The second-order valence-corrected chi connectivity index (χ2v) is 7.61. The number of piperidine rings is 1. The van der Waals surface area contributed by atoms with Gasteiger partial charge in [-0.05, 0) is 43.2 Å². The van der Waals surface area contributed by atoms with E-state index < -0.39 is 11.7 Å². The fourth-order valence-corrected chi connectivity index (χ4v) is 3.76. The van der Waals surface area contributed by atoms with Gasteiger partial charge < -0.3 is 10.2 Å². The van der Waals surface area contributed by atoms with E-state index in [1.807, 2.05) is 0 Å². The molecular formula is C21H18ClF3N4O. The van der Waals surface area contributed by atoms with Crippen molar-refractivity contribution in [2.45, 2.75) is 19.0 Å². The lowest BCUT2D eigenvalue weighted by molar-refractivity contribution is -0.137. The average Bonchev–Trinajstić information content (AvgIpc) is 2.74. The molecule has 0 spiro atoms. The molecule has 5 nitrogen and oxygen atoms in total. The largest absolute Gasteiger partial charge is 0.416 e. The zero-order valence-corrected chi connectivity index (χ0v) is 16.5. The van der Waals surface area contributed by atoms with E-state index in [4.69, 9.17) is 11.6 Å². The standard InChI is InChI=1S/C21H18ClF3N4O/c22-15-2-4-19(27-12-15)28-20(30)13-6-9-29(10-7-13)18-5-8-26-17-11-14(21(23,24)25)1-3-16(17)18/h1-5,8,11-13H,6-7,9-10H2,(H,27,28,30). The number of anilines is 2. The summed E-state index contributed by atoms with van der Waals surface area (Å²) in [7, 11) is 0. The van der Waals surface area contributed by atoms with Gasteiger partial charge in [0.15, 0.2) is 0 Å². The van der Waals surface area contributed by atoms with Gasteiger partial charge in [-0.3, -0.25) is 9.78 Å². The minimum Gasteiger partial charge on any atom is -0.371 e. The number of hydrogen-bond donors (Lipinski definition) is 1. The quantitative estimate of drug-likeness (QED) is 0.618. The van der Waals surface area contributed by atoms with Crippen molar-refractivity contribution in [1.82, 2.24) is 9.97 Å². The Bertz CT molecular complexity index is 1060. The number of nitrogens with zero attached hydrogens (tertiary/aromatic N) is 3. The lowest BCUT2D eigenvalue weighted by atomic mass is 9.95. The van der Waals surface area contributed by atoms with Crippen LogP contribution in [0.4, 0.5) is 24.7 Å². The Morgan fingerprint density at radius 2 is 1.87 bits per heavy atom. The maximum Gasteiger partial charge on any atom is 0.416 e. The van der Waals surface area contributed by atoms with Crippen LogP contribution in [0.5, 0.6) is 0 Å². The van der Waals surface area contributed by atoms with Gasteiger partial charge in [0.05, 0.1) is 16.1 Å². The predicted octanol–water partition coefficient (Wildman–Crippen LogP) is 5.16. The topological polar surface area (TPSA) is 58.1 Å². The van der Waals surface area contributed by atoms with Crippen LogP contribution < -0.4 is 10.2 Å². The Hall–Kier alpha value is -2.87. The summed E-state index contributed by atoms with van der Waals surface area (Å²) in [6.45, 7) is 1.23. The van der Waals surface area contributed by atoms with E-state index in [2.05, 4.69) is 20.2 Å². The summed E-state index contributed by atoms with van der Waals surface area (Å²) in [6.07, 6.45) is -0.161. The molecule has 1 aromatic carbocycles. The Kier molecular flexibility index (Phi) is 5.51. The number of alkyl halides is 3. The highest BCUT2D eigenvalue weighted by atomic mass is 35.5. The number of benzene rings is 1. The van der Waals surface area contributed by atoms with Crippen LogP contribution in [0.15, 0.2) is 48.8 Å². The number of amides is 1. The fourth-order valence-electron chi connectivity index (χ4n) is 3.65. The summed E-state index contributed by atoms with van der Waals surface area (Å²) in [5.41, 5.74) is 0.411. The molecule has 3 aromatic rings. The van der Waals surface area contributed by atoms with Crippen molar-refractivity contribution in [1.29, 1.82) is 0 Å². The van der Waals surface area contributed by atoms with Gasteiger partial charge in [0.25, 0.3) is 0 Å². The number of carbonyl (C=O) groups excluding carboxylic acids is 1. The van der Waals surface area contributed by atoms with Crippen molar-refractivity contribution in [3.8, 4) is 0 Å². The Labute approximate surface area is 175 Å². The number of fused-ring (bicyclic) bond motifs is 1. The molecule has 0 unspecified atom stereocenters. The van der Waals surface area contributed by atoms with Gasteiger partial charge in [-0.15, -0.1) is 0 Å². The van der Waals surface area contributed by atoms with E-state index >= 15 is 0 Å². The Morgan fingerprint density at radius 1 is 1.10 bits per heavy atom. The molecular weight excluding hydrogens is 417 g/mol. The molecule has 2 aromatic heterocycles. The summed E-state index contributed by atoms with van der Waals surface area (Å²) in [5, 5.41) is 3.96. The second-order valence-electron chi connectivity index (χ2n) is 7.17. The molecule has 0 radical (unpaired) electrons. The summed E-state index contributed by atoms with van der Waals surface area (Å²) in [6, 6.07) is 8.71. The van der Waals surface area contributed by atoms with Crippen LogP contribution in [0, 0.1) is 5.92 Å². The predicted molar refractivity (Wildman–Crippen MR) is 110 cm³/mol. The molecule has 30 heavy (non-hydrogen) atoms. The molecule has 1 N–H and O–H groups in total. The van der Waals surface area contributed by atoms with E-state index in [-0.39, 0.29) is 11.8 Å². The third kappa shape index (κ3) is 4.33. The second kappa shape index (κ2) is 8.10. The first-order valence-corrected chi connectivity index (χ1v) is 9.82. The summed E-state index contributed by atoms with van der Waals surface area (Å²) in [5.74, 6) is 0.190. The monoisotopic (exact) mass is 434 g/mol. The Balaban J connectivity index is 1.45. The first-order chi connectivity index (χ1) is 14.3. The zero-order chi connectivity index (χ0) is 21.3. The molecule has 4 rings (SSSR count). The SMILES string of the molecule is O=C(Nc1ccc(Cl)cn1)C1CCN(c2ccnc3cc(C(F)(F)F)ccc23)CC1. The minimum atomic E-state index is -4.41. The van der Waals surface area contributed by atoms with Gasteiger partial charge in [0.2, 0.25) is 5.91 Å². The van der Waals surface area contributed by atoms with Gasteiger partial charge in [-0.25, -0.2) is 4.98 Å². The van der Waals surface area contributed by atoms with E-state index in [0.29, 0.717) is 47.7 Å². The van der Waals surface area contributed by atoms with Crippen molar-refractivity contribution in [2.24, 2.45) is 5.92 Å². The van der Waals surface area contributed by atoms with E-state index in [9.17, 15) is 18.0 Å². The van der Waals surface area contributed by atoms with E-state index in [1.54, 1.807) is 18.2 Å². The molecule has 156 valence electrons. The lowest BCUT2D eigenvalue weighted by Gasteiger charge is -2.33. The number of nitrogens with one attached hydrogen (secondary N) is 1. The van der Waals surface area contributed by atoms with Crippen LogP contribution in [0.2, 0.25) is 5.02 Å². The van der Waals surface area contributed by atoms with Gasteiger partial charge >= 0.3 is 6.18 Å².